The van der Waals surface area contributed by atoms with Crippen molar-refractivity contribution in [2.45, 2.75) is 33.4 Å². The lowest BCUT2D eigenvalue weighted by Gasteiger charge is -2.31. The number of rotatable bonds is 5. The van der Waals surface area contributed by atoms with Gasteiger partial charge in [0.1, 0.15) is 5.82 Å². The molecule has 1 N–H and O–H groups in total. The predicted octanol–water partition coefficient (Wildman–Crippen LogP) is 5.31. The van der Waals surface area contributed by atoms with E-state index in [1.807, 2.05) is 54.9 Å². The van der Waals surface area contributed by atoms with Crippen LogP contribution in [0.2, 0.25) is 0 Å². The largest absolute Gasteiger partial charge is 0.378 e. The Bertz CT molecular complexity index is 1350. The Morgan fingerprint density at radius 2 is 1.78 bits per heavy atom. The Labute approximate surface area is 213 Å². The molecular weight excluding hydrogens is 448 g/mol. The molecule has 1 aliphatic heterocycles. The minimum absolute atomic E-state index is 0.0714. The second-order valence-corrected chi connectivity index (χ2v) is 10.0. The number of carbonyl (C=O) groups excluding carboxylic acids is 1. The number of para-hydroxylation sites is 1. The number of benzene rings is 2. The molecule has 7 heteroatoms. The van der Waals surface area contributed by atoms with Gasteiger partial charge < -0.3 is 19.7 Å². The molecule has 2 aromatic heterocycles. The first-order chi connectivity index (χ1) is 17.3. The number of hydrogen-bond acceptors (Lipinski definition) is 3. The average molecular weight is 483 g/mol. The molecule has 3 heterocycles. The predicted molar refractivity (Wildman–Crippen MR) is 144 cm³/mol. The molecule has 1 atom stereocenters. The van der Waals surface area contributed by atoms with Crippen LogP contribution in [0.4, 0.5) is 10.5 Å². The minimum atomic E-state index is -0.251. The van der Waals surface area contributed by atoms with Crippen LogP contribution in [-0.2, 0) is 6.54 Å². The maximum Gasteiger partial charge on any atom is 0.318 e. The molecule has 1 aliphatic rings. The SMILES string of the molecule is Cc1nn(-c2ccccc2)c2c1CN(C(=O)NCC(C)C)[C@H](c1ccc(N(C)C)cc1)c1cccn1-2. The third kappa shape index (κ3) is 4.26. The van der Waals surface area contributed by atoms with Crippen LogP contribution in [0, 0.1) is 12.8 Å². The zero-order chi connectivity index (χ0) is 25.4. The molecule has 2 aromatic carbocycles. The molecule has 0 bridgehead atoms. The zero-order valence-electron chi connectivity index (χ0n) is 21.6. The van der Waals surface area contributed by atoms with Crippen molar-refractivity contribution in [2.24, 2.45) is 5.92 Å². The van der Waals surface area contributed by atoms with Gasteiger partial charge in [0.2, 0.25) is 0 Å². The van der Waals surface area contributed by atoms with E-state index >= 15 is 0 Å². The number of anilines is 1. The molecular formula is C29H34N6O. The number of nitrogens with one attached hydrogen (secondary N) is 1. The van der Waals surface area contributed by atoms with Gasteiger partial charge in [0.05, 0.1) is 29.7 Å². The summed E-state index contributed by atoms with van der Waals surface area (Å²) in [6.07, 6.45) is 2.07. The number of nitrogens with zero attached hydrogens (tertiary/aromatic N) is 5. The molecule has 5 rings (SSSR count). The van der Waals surface area contributed by atoms with Gasteiger partial charge >= 0.3 is 6.03 Å². The van der Waals surface area contributed by atoms with E-state index < -0.39 is 0 Å². The third-order valence-electron chi connectivity index (χ3n) is 6.73. The highest BCUT2D eigenvalue weighted by Crippen LogP contribution is 2.38. The monoisotopic (exact) mass is 482 g/mol. The summed E-state index contributed by atoms with van der Waals surface area (Å²) in [6, 6.07) is 22.5. The number of amides is 2. The van der Waals surface area contributed by atoms with Crippen molar-refractivity contribution in [3.63, 3.8) is 0 Å². The summed E-state index contributed by atoms with van der Waals surface area (Å²) in [5.74, 6) is 1.34. The average Bonchev–Trinajstić information content (AvgIpc) is 3.43. The van der Waals surface area contributed by atoms with E-state index in [-0.39, 0.29) is 12.1 Å². The molecule has 0 saturated heterocycles. The summed E-state index contributed by atoms with van der Waals surface area (Å²) in [6.45, 7) is 7.32. The highest BCUT2D eigenvalue weighted by molar-refractivity contribution is 5.76. The Morgan fingerprint density at radius 1 is 1.06 bits per heavy atom. The lowest BCUT2D eigenvalue weighted by Crippen LogP contribution is -2.43. The first-order valence-corrected chi connectivity index (χ1v) is 12.5. The van der Waals surface area contributed by atoms with Gasteiger partial charge in [0.25, 0.3) is 0 Å². The van der Waals surface area contributed by atoms with Crippen LogP contribution < -0.4 is 10.2 Å². The summed E-state index contributed by atoms with van der Waals surface area (Å²) in [7, 11) is 4.07. The minimum Gasteiger partial charge on any atom is -0.378 e. The lowest BCUT2D eigenvalue weighted by atomic mass is 10.0. The van der Waals surface area contributed by atoms with E-state index in [4.69, 9.17) is 5.10 Å². The fourth-order valence-corrected chi connectivity index (χ4v) is 4.85. The number of fused-ring (bicyclic) bond motifs is 3. The van der Waals surface area contributed by atoms with Gasteiger partial charge in [0, 0.05) is 38.1 Å². The smallest absolute Gasteiger partial charge is 0.318 e. The quantitative estimate of drug-likeness (QED) is 0.420. The van der Waals surface area contributed by atoms with Gasteiger partial charge in [-0.3, -0.25) is 0 Å². The molecule has 0 fully saturated rings. The number of urea groups is 1. The standard InChI is InChI=1S/C29H34N6O/c1-20(2)18-30-29(36)34-19-25-21(3)31-35(24-10-7-6-8-11-24)28(25)33-17-9-12-26(33)27(34)22-13-15-23(16-14-22)32(4)5/h6-17,20,27H,18-19H2,1-5H3,(H,30,36)/t27-/m1/s1. The Morgan fingerprint density at radius 3 is 2.44 bits per heavy atom. The van der Waals surface area contributed by atoms with Gasteiger partial charge in [-0.15, -0.1) is 0 Å². The van der Waals surface area contributed by atoms with Crippen LogP contribution in [0.1, 0.15) is 42.4 Å². The lowest BCUT2D eigenvalue weighted by molar-refractivity contribution is 0.179. The topological polar surface area (TPSA) is 58.3 Å². The molecule has 4 aromatic rings. The van der Waals surface area contributed by atoms with E-state index in [2.05, 4.69) is 77.3 Å². The van der Waals surface area contributed by atoms with E-state index in [1.165, 1.54) is 0 Å². The summed E-state index contributed by atoms with van der Waals surface area (Å²) in [5.41, 5.74) is 6.18. The van der Waals surface area contributed by atoms with Crippen LogP contribution in [-0.4, -0.2) is 45.9 Å². The molecule has 0 unspecified atom stereocenters. The van der Waals surface area contributed by atoms with Crippen molar-refractivity contribution in [1.29, 1.82) is 0 Å². The van der Waals surface area contributed by atoms with Gasteiger partial charge in [-0.1, -0.05) is 44.2 Å². The van der Waals surface area contributed by atoms with Gasteiger partial charge in [-0.2, -0.15) is 5.10 Å². The number of aromatic nitrogens is 3. The van der Waals surface area contributed by atoms with Crippen LogP contribution >= 0.6 is 0 Å². The molecule has 0 saturated carbocycles. The fourth-order valence-electron chi connectivity index (χ4n) is 4.85. The highest BCUT2D eigenvalue weighted by atomic mass is 16.2. The highest BCUT2D eigenvalue weighted by Gasteiger charge is 2.35. The van der Waals surface area contributed by atoms with E-state index in [0.29, 0.717) is 19.0 Å². The van der Waals surface area contributed by atoms with Crippen LogP contribution in [0.5, 0.6) is 0 Å². The fraction of sp³-hybridized carbons (Fsp3) is 0.310. The van der Waals surface area contributed by atoms with Crippen LogP contribution in [0.3, 0.4) is 0 Å². The summed E-state index contributed by atoms with van der Waals surface area (Å²) >= 11 is 0. The van der Waals surface area contributed by atoms with E-state index in [0.717, 1.165) is 39.7 Å². The van der Waals surface area contributed by atoms with Gasteiger partial charge in [-0.25, -0.2) is 9.48 Å². The second-order valence-electron chi connectivity index (χ2n) is 10.0. The second kappa shape index (κ2) is 9.57. The zero-order valence-corrected chi connectivity index (χ0v) is 21.6. The summed E-state index contributed by atoms with van der Waals surface area (Å²) in [5, 5.41) is 8.07. The summed E-state index contributed by atoms with van der Waals surface area (Å²) < 4.78 is 4.19. The molecule has 186 valence electrons. The number of hydrogen-bond donors (Lipinski definition) is 1. The Kier molecular flexibility index (Phi) is 6.31. The van der Waals surface area contributed by atoms with Crippen LogP contribution in [0.25, 0.3) is 11.5 Å². The molecule has 0 aliphatic carbocycles. The van der Waals surface area contributed by atoms with E-state index in [1.54, 1.807) is 0 Å². The van der Waals surface area contributed by atoms with Crippen molar-refractivity contribution < 1.29 is 4.79 Å². The van der Waals surface area contributed by atoms with Gasteiger partial charge in [0.15, 0.2) is 0 Å². The maximum absolute atomic E-state index is 13.7. The molecule has 36 heavy (non-hydrogen) atoms. The maximum atomic E-state index is 13.7. The van der Waals surface area contributed by atoms with Crippen molar-refractivity contribution >= 4 is 11.7 Å². The van der Waals surface area contributed by atoms with Crippen molar-refractivity contribution in [2.75, 3.05) is 25.5 Å². The number of aryl methyl sites for hydroxylation is 1. The van der Waals surface area contributed by atoms with Crippen molar-refractivity contribution in [3.8, 4) is 11.5 Å². The Balaban J connectivity index is 1.69. The van der Waals surface area contributed by atoms with Crippen LogP contribution in [0.15, 0.2) is 72.9 Å². The first kappa shape index (κ1) is 23.7. The molecule has 0 spiro atoms. The molecule has 7 nitrogen and oxygen atoms in total. The Hall–Kier alpha value is -4.00. The van der Waals surface area contributed by atoms with E-state index in [9.17, 15) is 4.79 Å². The normalized spacial score (nSPS) is 14.8. The third-order valence-corrected chi connectivity index (χ3v) is 6.73. The van der Waals surface area contributed by atoms with Gasteiger partial charge in [-0.05, 0) is 54.8 Å². The number of carbonyl (C=O) groups is 1. The van der Waals surface area contributed by atoms with Crippen molar-refractivity contribution in [1.82, 2.24) is 24.6 Å². The summed E-state index contributed by atoms with van der Waals surface area (Å²) in [4.78, 5) is 17.8. The first-order valence-electron chi connectivity index (χ1n) is 12.5. The molecule has 2 amide bonds. The van der Waals surface area contributed by atoms with Crippen molar-refractivity contribution in [3.05, 3.63) is 95.4 Å². The molecule has 0 radical (unpaired) electrons.